The summed E-state index contributed by atoms with van der Waals surface area (Å²) in [5.74, 6) is 1.01. The second-order valence-corrected chi connectivity index (χ2v) is 11.0. The van der Waals surface area contributed by atoms with Gasteiger partial charge in [0.25, 0.3) is 11.8 Å². The predicted molar refractivity (Wildman–Crippen MR) is 172 cm³/mol. The van der Waals surface area contributed by atoms with Crippen LogP contribution in [-0.4, -0.2) is 90.4 Å². The van der Waals surface area contributed by atoms with Crippen LogP contribution >= 0.6 is 0 Å². The Morgan fingerprint density at radius 2 is 1.81 bits per heavy atom. The van der Waals surface area contributed by atoms with Crippen molar-refractivity contribution in [1.82, 2.24) is 50.5 Å². The maximum Gasteiger partial charge on any atom is 0.260 e. The van der Waals surface area contributed by atoms with Crippen LogP contribution in [0.5, 0.6) is 11.5 Å². The molecule has 1 aliphatic heterocycles. The molecular weight excluding hydrogens is 616 g/mol. The average Bonchev–Trinajstić information content (AvgIpc) is 3.80. The van der Waals surface area contributed by atoms with E-state index in [0.29, 0.717) is 41.7 Å². The minimum atomic E-state index is -0.532. The van der Waals surface area contributed by atoms with Gasteiger partial charge in [-0.3, -0.25) is 14.4 Å². The fraction of sp³-hybridized carbons (Fsp3) is 0.273. The van der Waals surface area contributed by atoms with Crippen molar-refractivity contribution in [3.05, 3.63) is 96.6 Å². The van der Waals surface area contributed by atoms with Crippen molar-refractivity contribution in [2.75, 3.05) is 32.8 Å². The largest absolute Gasteiger partial charge is 0.492 e. The van der Waals surface area contributed by atoms with E-state index in [9.17, 15) is 14.4 Å². The van der Waals surface area contributed by atoms with Crippen LogP contribution in [0.4, 0.5) is 0 Å². The number of tetrazole rings is 1. The third-order valence-corrected chi connectivity index (χ3v) is 7.56. The van der Waals surface area contributed by atoms with Crippen LogP contribution in [0.15, 0.2) is 85.2 Å². The van der Waals surface area contributed by atoms with Crippen molar-refractivity contribution in [2.45, 2.75) is 25.9 Å². The van der Waals surface area contributed by atoms with Gasteiger partial charge >= 0.3 is 0 Å². The van der Waals surface area contributed by atoms with Crippen molar-refractivity contribution in [3.8, 4) is 28.6 Å². The van der Waals surface area contributed by atoms with E-state index >= 15 is 0 Å². The highest BCUT2D eigenvalue weighted by molar-refractivity contribution is 5.94. The van der Waals surface area contributed by atoms with Gasteiger partial charge in [0.1, 0.15) is 30.3 Å². The molecule has 48 heavy (non-hydrogen) atoms. The van der Waals surface area contributed by atoms with Crippen molar-refractivity contribution < 1.29 is 23.9 Å². The Morgan fingerprint density at radius 1 is 1.00 bits per heavy atom. The summed E-state index contributed by atoms with van der Waals surface area (Å²) in [5, 5.41) is 21.7. The third kappa shape index (κ3) is 7.99. The molecule has 246 valence electrons. The van der Waals surface area contributed by atoms with E-state index in [2.05, 4.69) is 26.2 Å². The normalized spacial score (nSPS) is 16.0. The Morgan fingerprint density at radius 3 is 2.60 bits per heavy atom. The molecule has 0 spiro atoms. The first kappa shape index (κ1) is 31.8. The lowest BCUT2D eigenvalue weighted by Gasteiger charge is -2.24. The molecule has 6 rings (SSSR count). The van der Waals surface area contributed by atoms with Crippen molar-refractivity contribution >= 4 is 17.7 Å². The summed E-state index contributed by atoms with van der Waals surface area (Å²) in [7, 11) is 0. The molecule has 0 fully saturated rings. The van der Waals surface area contributed by atoms with Gasteiger partial charge in [0.15, 0.2) is 12.4 Å². The average molecular weight is 651 g/mol. The van der Waals surface area contributed by atoms with Crippen LogP contribution in [0.25, 0.3) is 17.1 Å². The van der Waals surface area contributed by atoms with E-state index in [1.807, 2.05) is 37.3 Å². The van der Waals surface area contributed by atoms with Crippen LogP contribution in [0, 0.1) is 0 Å². The number of aromatic nitrogens is 7. The number of ether oxygens (including phenoxy) is 2. The van der Waals surface area contributed by atoms with Gasteiger partial charge in [-0.2, -0.15) is 5.10 Å². The summed E-state index contributed by atoms with van der Waals surface area (Å²) >= 11 is 0. The van der Waals surface area contributed by atoms with Crippen molar-refractivity contribution in [1.29, 1.82) is 0 Å². The van der Waals surface area contributed by atoms with Gasteiger partial charge < -0.3 is 25.0 Å². The third-order valence-electron chi connectivity index (χ3n) is 7.56. The zero-order chi connectivity index (χ0) is 33.3. The molecule has 3 amide bonds. The van der Waals surface area contributed by atoms with Crippen LogP contribution in [0.2, 0.25) is 0 Å². The van der Waals surface area contributed by atoms with Crippen LogP contribution in [-0.2, 0) is 16.1 Å². The minimum absolute atomic E-state index is 0.208. The molecule has 3 heterocycles. The highest BCUT2D eigenvalue weighted by Gasteiger charge is 2.23. The lowest BCUT2D eigenvalue weighted by atomic mass is 10.2. The number of nitrogens with zero attached hydrogens (tertiary/aromatic N) is 8. The topological polar surface area (TPSA) is 171 Å². The van der Waals surface area contributed by atoms with Crippen LogP contribution in [0.3, 0.4) is 0 Å². The maximum atomic E-state index is 13.4. The number of rotatable bonds is 5. The van der Waals surface area contributed by atoms with Gasteiger partial charge in [-0.05, 0) is 66.2 Å². The molecule has 0 unspecified atom stereocenters. The lowest BCUT2D eigenvalue weighted by Crippen LogP contribution is -2.44. The summed E-state index contributed by atoms with van der Waals surface area (Å²) in [6.45, 7) is 2.39. The molecule has 15 nitrogen and oxygen atoms in total. The van der Waals surface area contributed by atoms with Gasteiger partial charge in [0.05, 0.1) is 24.8 Å². The smallest absolute Gasteiger partial charge is 0.260 e. The second-order valence-electron chi connectivity index (χ2n) is 11.0. The monoisotopic (exact) mass is 650 g/mol. The molecule has 2 aromatic heterocycles. The SMILES string of the molecule is C[C@@H]1NC(=O)CN(C(=O)COc2ccc(-n3cnnn3)cc2)CCCNC(=O)c2cccc(c2)OCCn2nc(-c3ccccc3)nc21. The van der Waals surface area contributed by atoms with E-state index in [1.165, 1.54) is 15.9 Å². The highest BCUT2D eigenvalue weighted by atomic mass is 16.5. The zero-order valence-electron chi connectivity index (χ0n) is 26.2. The Hall–Kier alpha value is -6.12. The standard InChI is InChI=1S/C33H34N10O5/c1-23-32-37-31(24-7-3-2-4-8-24)38-42(32)17-18-47-28-10-5-9-25(19-28)33(46)34-15-6-16-41(20-29(44)36-23)30(45)21-48-27-13-11-26(12-14-27)43-22-35-39-40-43/h2-5,7-14,19,22-23H,6,15-18,20-21H2,1H3,(H,34,46)(H,36,44)/t23-/m0/s1. The Labute approximate surface area is 275 Å². The molecule has 3 aromatic carbocycles. The van der Waals surface area contributed by atoms with Gasteiger partial charge in [0.2, 0.25) is 5.91 Å². The number of nitrogens with one attached hydrogen (secondary N) is 2. The molecule has 0 radical (unpaired) electrons. The number of amides is 3. The molecule has 0 saturated carbocycles. The molecule has 0 saturated heterocycles. The number of carbonyl (C=O) groups is 3. The van der Waals surface area contributed by atoms with Gasteiger partial charge in [0, 0.05) is 24.2 Å². The molecule has 2 bridgehead atoms. The van der Waals surface area contributed by atoms with Crippen LogP contribution < -0.4 is 20.1 Å². The fourth-order valence-corrected chi connectivity index (χ4v) is 5.13. The van der Waals surface area contributed by atoms with Gasteiger partial charge in [-0.25, -0.2) is 14.3 Å². The second kappa shape index (κ2) is 15.0. The molecule has 0 aliphatic carbocycles. The summed E-state index contributed by atoms with van der Waals surface area (Å²) in [6.07, 6.45) is 1.88. The van der Waals surface area contributed by atoms with Gasteiger partial charge in [-0.1, -0.05) is 36.4 Å². The first-order valence-electron chi connectivity index (χ1n) is 15.5. The van der Waals surface area contributed by atoms with E-state index in [1.54, 1.807) is 53.2 Å². The number of hydrogen-bond donors (Lipinski definition) is 2. The van der Waals surface area contributed by atoms with E-state index in [-0.39, 0.29) is 50.6 Å². The number of benzene rings is 3. The number of fused-ring (bicyclic) bond motifs is 3. The number of hydrogen-bond acceptors (Lipinski definition) is 10. The molecule has 5 aromatic rings. The summed E-state index contributed by atoms with van der Waals surface area (Å²) in [5.41, 5.74) is 2.00. The lowest BCUT2D eigenvalue weighted by molar-refractivity contribution is -0.138. The summed E-state index contributed by atoms with van der Waals surface area (Å²) < 4.78 is 14.9. The van der Waals surface area contributed by atoms with E-state index < -0.39 is 6.04 Å². The zero-order valence-corrected chi connectivity index (χ0v) is 26.2. The van der Waals surface area contributed by atoms with Crippen molar-refractivity contribution in [3.63, 3.8) is 0 Å². The van der Waals surface area contributed by atoms with Gasteiger partial charge in [-0.15, -0.1) is 5.10 Å². The van der Waals surface area contributed by atoms with E-state index in [0.717, 1.165) is 11.3 Å². The first-order valence-corrected chi connectivity index (χ1v) is 15.5. The minimum Gasteiger partial charge on any atom is -0.492 e. The molecular formula is C33H34N10O5. The Balaban J connectivity index is 1.19. The van der Waals surface area contributed by atoms with E-state index in [4.69, 9.17) is 19.6 Å². The number of carbonyl (C=O) groups excluding carboxylic acids is 3. The first-order chi connectivity index (χ1) is 23.4. The highest BCUT2D eigenvalue weighted by Crippen LogP contribution is 2.20. The molecule has 1 atom stereocenters. The molecule has 1 aliphatic rings. The predicted octanol–water partition coefficient (Wildman–Crippen LogP) is 2.22. The molecule has 15 heteroatoms. The molecule has 2 N–H and O–H groups in total. The fourth-order valence-electron chi connectivity index (χ4n) is 5.13. The Kier molecular flexibility index (Phi) is 9.94. The van der Waals surface area contributed by atoms with Crippen molar-refractivity contribution in [2.24, 2.45) is 0 Å². The summed E-state index contributed by atoms with van der Waals surface area (Å²) in [6, 6.07) is 22.9. The Bertz CT molecular complexity index is 1840. The van der Waals surface area contributed by atoms with Crippen LogP contribution in [0.1, 0.15) is 35.6 Å². The quantitative estimate of drug-likeness (QED) is 0.287. The summed E-state index contributed by atoms with van der Waals surface area (Å²) in [4.78, 5) is 45.8. The maximum absolute atomic E-state index is 13.4.